The average Bonchev–Trinajstić information content (AvgIpc) is 2.04. The fourth-order valence-electron chi connectivity index (χ4n) is 0.972. The van der Waals surface area contributed by atoms with Crippen LogP contribution in [0.5, 0.6) is 0 Å². The topological polar surface area (TPSA) is 21.3 Å². The average molecular weight is 285 g/mol. The highest BCUT2D eigenvalue weighted by Gasteiger charge is 2.09. The summed E-state index contributed by atoms with van der Waals surface area (Å²) in [6.45, 7) is 6.44. The first kappa shape index (κ1) is 12.7. The minimum Gasteiger partial charge on any atom is -0.385 e. The van der Waals surface area contributed by atoms with Crippen molar-refractivity contribution in [1.29, 1.82) is 0 Å². The second kappa shape index (κ2) is 8.26. The molecule has 0 aliphatic rings. The van der Waals surface area contributed by atoms with Crippen molar-refractivity contribution in [2.75, 3.05) is 24.7 Å². The van der Waals surface area contributed by atoms with Crippen molar-refractivity contribution in [3.05, 3.63) is 0 Å². The van der Waals surface area contributed by atoms with E-state index < -0.39 is 0 Å². The second-order valence-electron chi connectivity index (χ2n) is 3.31. The summed E-state index contributed by atoms with van der Waals surface area (Å²) in [7, 11) is 1.75. The predicted molar refractivity (Wildman–Crippen MR) is 62.0 cm³/mol. The second-order valence-corrected chi connectivity index (χ2v) is 4.19. The van der Waals surface area contributed by atoms with Gasteiger partial charge in [-0.3, -0.25) is 0 Å². The molecule has 0 radical (unpaired) electrons. The zero-order valence-electron chi connectivity index (χ0n) is 8.27. The molecule has 0 saturated heterocycles. The summed E-state index contributed by atoms with van der Waals surface area (Å²) in [6.07, 6.45) is 1.11. The van der Waals surface area contributed by atoms with Crippen LogP contribution in [0.3, 0.4) is 0 Å². The molecule has 0 aliphatic carbocycles. The number of nitrogens with one attached hydrogen (secondary N) is 1. The van der Waals surface area contributed by atoms with E-state index in [2.05, 4.69) is 41.8 Å². The molecule has 74 valence electrons. The van der Waals surface area contributed by atoms with Crippen LogP contribution in [0.4, 0.5) is 0 Å². The van der Waals surface area contributed by atoms with Crippen LogP contribution in [0.25, 0.3) is 0 Å². The van der Waals surface area contributed by atoms with Crippen LogP contribution in [0.2, 0.25) is 0 Å². The van der Waals surface area contributed by atoms with E-state index in [0.717, 1.165) is 25.5 Å². The van der Waals surface area contributed by atoms with Gasteiger partial charge >= 0.3 is 0 Å². The third kappa shape index (κ3) is 6.20. The molecule has 1 unspecified atom stereocenters. The molecule has 0 saturated carbocycles. The van der Waals surface area contributed by atoms with E-state index in [1.54, 1.807) is 7.11 Å². The molecule has 0 heterocycles. The van der Waals surface area contributed by atoms with E-state index in [1.807, 2.05) is 0 Å². The molecule has 0 rings (SSSR count). The molecule has 0 aromatic rings. The molecule has 0 aromatic heterocycles. The van der Waals surface area contributed by atoms with Gasteiger partial charge in [0.2, 0.25) is 0 Å². The number of methoxy groups -OCH3 is 1. The molecule has 0 spiro atoms. The maximum absolute atomic E-state index is 4.98. The zero-order valence-corrected chi connectivity index (χ0v) is 10.4. The lowest BCUT2D eigenvalue weighted by Crippen LogP contribution is -2.36. The number of alkyl halides is 1. The minimum atomic E-state index is 0.655. The Bertz CT molecular complexity index is 98.5. The summed E-state index contributed by atoms with van der Waals surface area (Å²) in [6, 6.07) is 0.655. The van der Waals surface area contributed by atoms with Crippen molar-refractivity contribution in [1.82, 2.24) is 5.32 Å². The van der Waals surface area contributed by atoms with Gasteiger partial charge in [-0.25, -0.2) is 0 Å². The summed E-state index contributed by atoms with van der Waals surface area (Å²) in [5.41, 5.74) is 0. The van der Waals surface area contributed by atoms with Gasteiger partial charge in [0.25, 0.3) is 0 Å². The minimum absolute atomic E-state index is 0.655. The molecule has 1 atom stereocenters. The molecular weight excluding hydrogens is 265 g/mol. The molecule has 0 bridgehead atoms. The Morgan fingerprint density at radius 3 is 2.50 bits per heavy atom. The maximum atomic E-state index is 4.98. The van der Waals surface area contributed by atoms with Gasteiger partial charge in [0.15, 0.2) is 0 Å². The number of ether oxygens (including phenoxy) is 1. The summed E-state index contributed by atoms with van der Waals surface area (Å²) in [4.78, 5) is 0. The third-order valence-electron chi connectivity index (χ3n) is 1.90. The molecule has 0 aliphatic heterocycles. The molecule has 2 nitrogen and oxygen atoms in total. The summed E-state index contributed by atoms with van der Waals surface area (Å²) in [5, 5.41) is 3.52. The lowest BCUT2D eigenvalue weighted by Gasteiger charge is -2.19. The van der Waals surface area contributed by atoms with Crippen molar-refractivity contribution in [2.24, 2.45) is 5.92 Å². The Morgan fingerprint density at radius 1 is 1.42 bits per heavy atom. The quantitative estimate of drug-likeness (QED) is 0.439. The van der Waals surface area contributed by atoms with E-state index in [9.17, 15) is 0 Å². The van der Waals surface area contributed by atoms with Gasteiger partial charge in [-0.2, -0.15) is 0 Å². The summed E-state index contributed by atoms with van der Waals surface area (Å²) >= 11 is 2.43. The Morgan fingerprint density at radius 2 is 2.08 bits per heavy atom. The monoisotopic (exact) mass is 285 g/mol. The van der Waals surface area contributed by atoms with Crippen LogP contribution in [0.15, 0.2) is 0 Å². The SMILES string of the molecule is COCCCNC(CI)C(C)C. The molecule has 3 heteroatoms. The van der Waals surface area contributed by atoms with E-state index in [1.165, 1.54) is 4.43 Å². The van der Waals surface area contributed by atoms with Gasteiger partial charge in [-0.1, -0.05) is 36.4 Å². The first-order valence-electron chi connectivity index (χ1n) is 4.50. The van der Waals surface area contributed by atoms with Crippen LogP contribution < -0.4 is 5.32 Å². The Hall–Kier alpha value is 0.650. The van der Waals surface area contributed by atoms with Gasteiger partial charge in [-0.15, -0.1) is 0 Å². The lowest BCUT2D eigenvalue weighted by molar-refractivity contribution is 0.192. The predicted octanol–water partition coefficient (Wildman–Crippen LogP) is 2.07. The van der Waals surface area contributed by atoms with E-state index >= 15 is 0 Å². The standard InChI is InChI=1S/C9H20INO/c1-8(2)9(7-10)11-5-4-6-12-3/h8-9,11H,4-7H2,1-3H3. The van der Waals surface area contributed by atoms with E-state index in [-0.39, 0.29) is 0 Å². The Balaban J connectivity index is 3.32. The van der Waals surface area contributed by atoms with Crippen molar-refractivity contribution in [2.45, 2.75) is 26.3 Å². The highest BCUT2D eigenvalue weighted by atomic mass is 127. The van der Waals surface area contributed by atoms with Crippen molar-refractivity contribution < 1.29 is 4.74 Å². The zero-order chi connectivity index (χ0) is 9.40. The first-order valence-corrected chi connectivity index (χ1v) is 6.03. The molecule has 1 N–H and O–H groups in total. The molecule has 0 amide bonds. The third-order valence-corrected chi connectivity index (χ3v) is 2.85. The summed E-state index contributed by atoms with van der Waals surface area (Å²) in [5.74, 6) is 0.726. The van der Waals surface area contributed by atoms with Crippen LogP contribution in [-0.2, 0) is 4.74 Å². The van der Waals surface area contributed by atoms with Crippen LogP contribution in [0, 0.1) is 5.92 Å². The highest BCUT2D eigenvalue weighted by Crippen LogP contribution is 2.04. The van der Waals surface area contributed by atoms with Gasteiger partial charge in [0.1, 0.15) is 0 Å². The van der Waals surface area contributed by atoms with E-state index in [4.69, 9.17) is 4.74 Å². The number of rotatable bonds is 7. The molecule has 0 aromatic carbocycles. The smallest absolute Gasteiger partial charge is 0.0474 e. The van der Waals surface area contributed by atoms with Crippen LogP contribution in [0.1, 0.15) is 20.3 Å². The summed E-state index contributed by atoms with van der Waals surface area (Å²) < 4.78 is 6.16. The lowest BCUT2D eigenvalue weighted by atomic mass is 10.1. The number of hydrogen-bond donors (Lipinski definition) is 1. The maximum Gasteiger partial charge on any atom is 0.0474 e. The molecule has 0 fully saturated rings. The normalized spacial score (nSPS) is 13.8. The van der Waals surface area contributed by atoms with E-state index in [0.29, 0.717) is 6.04 Å². The van der Waals surface area contributed by atoms with Crippen molar-refractivity contribution in [3.8, 4) is 0 Å². The largest absolute Gasteiger partial charge is 0.385 e. The van der Waals surface area contributed by atoms with Gasteiger partial charge in [0, 0.05) is 24.2 Å². The first-order chi connectivity index (χ1) is 5.72. The van der Waals surface area contributed by atoms with Gasteiger partial charge in [-0.05, 0) is 18.9 Å². The highest BCUT2D eigenvalue weighted by molar-refractivity contribution is 14.1. The fourth-order valence-corrected chi connectivity index (χ4v) is 2.30. The Labute approximate surface area is 89.6 Å². The van der Waals surface area contributed by atoms with Crippen molar-refractivity contribution in [3.63, 3.8) is 0 Å². The van der Waals surface area contributed by atoms with Crippen LogP contribution in [-0.4, -0.2) is 30.7 Å². The number of halogens is 1. The molecular formula is C9H20INO. The Kier molecular flexibility index (Phi) is 8.70. The van der Waals surface area contributed by atoms with Gasteiger partial charge < -0.3 is 10.1 Å². The van der Waals surface area contributed by atoms with Crippen molar-refractivity contribution >= 4 is 22.6 Å². The molecule has 12 heavy (non-hydrogen) atoms. The van der Waals surface area contributed by atoms with Crippen LogP contribution >= 0.6 is 22.6 Å². The number of hydrogen-bond acceptors (Lipinski definition) is 2. The fraction of sp³-hybridized carbons (Fsp3) is 1.00. The van der Waals surface area contributed by atoms with Gasteiger partial charge in [0.05, 0.1) is 0 Å².